The van der Waals surface area contributed by atoms with Gasteiger partial charge in [-0.1, -0.05) is 135 Å². The van der Waals surface area contributed by atoms with Crippen LogP contribution in [-0.4, -0.2) is 4.57 Å². The van der Waals surface area contributed by atoms with Gasteiger partial charge in [-0.3, -0.25) is 0 Å². The Hall–Kier alpha value is -6.84. The van der Waals surface area contributed by atoms with Gasteiger partial charge in [0.2, 0.25) is 0 Å². The minimum absolute atomic E-state index is 0.126. The van der Waals surface area contributed by atoms with Crippen LogP contribution in [-0.2, 0) is 5.41 Å². The lowest BCUT2D eigenvalue weighted by Crippen LogP contribution is -2.16. The molecule has 0 atom stereocenters. The van der Waals surface area contributed by atoms with Crippen molar-refractivity contribution in [3.8, 4) is 27.9 Å². The van der Waals surface area contributed by atoms with Crippen molar-refractivity contribution in [2.24, 2.45) is 0 Å². The second-order valence-corrected chi connectivity index (χ2v) is 14.9. The average molecular weight is 693 g/mol. The van der Waals surface area contributed by atoms with E-state index >= 15 is 0 Å². The van der Waals surface area contributed by atoms with Crippen molar-refractivity contribution in [3.05, 3.63) is 193 Å². The number of hydrogen-bond acceptors (Lipinski definition) is 2. The summed E-state index contributed by atoms with van der Waals surface area (Å²) in [5.74, 6) is 0. The molecule has 2 aromatic heterocycles. The molecule has 0 fully saturated rings. The Morgan fingerprint density at radius 3 is 1.98 bits per heavy atom. The van der Waals surface area contributed by atoms with Crippen molar-refractivity contribution in [1.29, 1.82) is 0 Å². The molecule has 0 N–H and O–H groups in total. The summed E-state index contributed by atoms with van der Waals surface area (Å²) in [4.78, 5) is 2.46. The Kier molecular flexibility index (Phi) is 6.60. The van der Waals surface area contributed by atoms with E-state index in [2.05, 4.69) is 199 Å². The van der Waals surface area contributed by atoms with E-state index in [0.29, 0.717) is 0 Å². The molecule has 0 amide bonds. The first-order chi connectivity index (χ1) is 26.6. The molecular weight excluding hydrogens is 657 g/mol. The molecule has 256 valence electrons. The first-order valence-electron chi connectivity index (χ1n) is 18.7. The van der Waals surface area contributed by atoms with Gasteiger partial charge in [-0.2, -0.15) is 0 Å². The van der Waals surface area contributed by atoms with E-state index in [1.165, 1.54) is 44.2 Å². The minimum Gasteiger partial charge on any atom is -0.456 e. The number of benzene rings is 8. The van der Waals surface area contributed by atoms with Crippen LogP contribution in [0.4, 0.5) is 17.1 Å². The lowest BCUT2D eigenvalue weighted by Gasteiger charge is -2.29. The summed E-state index contributed by atoms with van der Waals surface area (Å²) in [7, 11) is 0. The summed E-state index contributed by atoms with van der Waals surface area (Å²) >= 11 is 0. The van der Waals surface area contributed by atoms with E-state index in [1.54, 1.807) is 0 Å². The van der Waals surface area contributed by atoms with Crippen molar-refractivity contribution in [2.75, 3.05) is 4.90 Å². The van der Waals surface area contributed by atoms with Gasteiger partial charge in [-0.05, 0) is 94.0 Å². The van der Waals surface area contributed by atoms with Gasteiger partial charge in [-0.25, -0.2) is 0 Å². The standard InChI is InChI=1S/C51H36N2O/c1-51(2)41-19-9-6-16-37(41)38-31-30-36(32-42(38)51)52(35-28-26-34(27-29-35)33-14-4-3-5-15-33)44-21-12-22-45-49(44)39-17-7-10-20-43(39)53(45)46-23-13-25-48-50(46)40-18-8-11-24-47(40)54-48/h3-32H,1-2H3. The molecule has 0 aliphatic heterocycles. The van der Waals surface area contributed by atoms with E-state index in [-0.39, 0.29) is 5.41 Å². The normalized spacial score (nSPS) is 13.1. The van der Waals surface area contributed by atoms with Crippen molar-refractivity contribution in [2.45, 2.75) is 19.3 Å². The molecule has 1 aliphatic carbocycles. The maximum Gasteiger partial charge on any atom is 0.137 e. The van der Waals surface area contributed by atoms with Crippen LogP contribution in [0, 0.1) is 0 Å². The van der Waals surface area contributed by atoms with Gasteiger partial charge in [0.1, 0.15) is 11.2 Å². The highest BCUT2D eigenvalue weighted by molar-refractivity contribution is 6.18. The second kappa shape index (κ2) is 11.6. The molecule has 11 rings (SSSR count). The molecule has 1 aliphatic rings. The number of rotatable bonds is 5. The van der Waals surface area contributed by atoms with E-state index in [1.807, 2.05) is 6.07 Å². The molecule has 0 saturated carbocycles. The lowest BCUT2D eigenvalue weighted by molar-refractivity contribution is 0.660. The molecule has 3 heteroatoms. The van der Waals surface area contributed by atoms with Crippen LogP contribution in [0.1, 0.15) is 25.0 Å². The number of para-hydroxylation sites is 2. The van der Waals surface area contributed by atoms with E-state index in [9.17, 15) is 0 Å². The van der Waals surface area contributed by atoms with Crippen LogP contribution in [0.5, 0.6) is 0 Å². The zero-order chi connectivity index (χ0) is 36.0. The number of hydrogen-bond donors (Lipinski definition) is 0. The lowest BCUT2D eigenvalue weighted by atomic mass is 9.82. The second-order valence-electron chi connectivity index (χ2n) is 14.9. The van der Waals surface area contributed by atoms with Crippen LogP contribution in [0.2, 0.25) is 0 Å². The number of anilines is 3. The summed E-state index contributed by atoms with van der Waals surface area (Å²) < 4.78 is 8.82. The smallest absolute Gasteiger partial charge is 0.137 e. The number of aromatic nitrogens is 1. The van der Waals surface area contributed by atoms with Crippen LogP contribution in [0.15, 0.2) is 186 Å². The molecule has 0 unspecified atom stereocenters. The van der Waals surface area contributed by atoms with E-state index < -0.39 is 0 Å². The zero-order valence-electron chi connectivity index (χ0n) is 30.1. The van der Waals surface area contributed by atoms with E-state index in [4.69, 9.17) is 4.42 Å². The monoisotopic (exact) mass is 692 g/mol. The average Bonchev–Trinajstić information content (AvgIpc) is 3.85. The van der Waals surface area contributed by atoms with E-state index in [0.717, 1.165) is 55.7 Å². The highest BCUT2D eigenvalue weighted by Crippen LogP contribution is 2.52. The summed E-state index contributed by atoms with van der Waals surface area (Å²) in [6.45, 7) is 4.71. The van der Waals surface area contributed by atoms with Gasteiger partial charge in [0.15, 0.2) is 0 Å². The SMILES string of the molecule is CC1(C)c2ccccc2-c2ccc(N(c3ccc(-c4ccccc4)cc3)c3cccc4c3c3ccccc3n4-c3cccc4oc5ccccc5c34)cc21. The molecule has 8 aromatic carbocycles. The van der Waals surface area contributed by atoms with Crippen molar-refractivity contribution < 1.29 is 4.42 Å². The fourth-order valence-corrected chi connectivity index (χ4v) is 9.08. The van der Waals surface area contributed by atoms with Crippen molar-refractivity contribution >= 4 is 60.8 Å². The Labute approximate surface area is 314 Å². The summed E-state index contributed by atoms with van der Waals surface area (Å²) in [6, 6.07) is 65.9. The van der Waals surface area contributed by atoms with Crippen LogP contribution in [0.3, 0.4) is 0 Å². The Bertz CT molecular complexity index is 3070. The summed E-state index contributed by atoms with van der Waals surface area (Å²) in [6.07, 6.45) is 0. The van der Waals surface area contributed by atoms with Gasteiger partial charge in [0.05, 0.1) is 27.8 Å². The highest BCUT2D eigenvalue weighted by Gasteiger charge is 2.36. The molecule has 0 radical (unpaired) electrons. The molecule has 10 aromatic rings. The minimum atomic E-state index is -0.126. The van der Waals surface area contributed by atoms with Crippen LogP contribution in [0.25, 0.3) is 71.7 Å². The number of nitrogens with zero attached hydrogens (tertiary/aromatic N) is 2. The number of furan rings is 1. The Balaban J connectivity index is 1.18. The molecule has 0 spiro atoms. The Morgan fingerprint density at radius 1 is 0.463 bits per heavy atom. The third-order valence-electron chi connectivity index (χ3n) is 11.6. The first kappa shape index (κ1) is 30.8. The quantitative estimate of drug-likeness (QED) is 0.179. The molecule has 0 saturated heterocycles. The van der Waals surface area contributed by atoms with Gasteiger partial charge in [-0.15, -0.1) is 0 Å². The predicted octanol–water partition coefficient (Wildman–Crippen LogP) is 14.1. The van der Waals surface area contributed by atoms with Crippen molar-refractivity contribution in [3.63, 3.8) is 0 Å². The number of fused-ring (bicyclic) bond motifs is 9. The zero-order valence-corrected chi connectivity index (χ0v) is 30.1. The molecular formula is C51H36N2O. The molecule has 0 bridgehead atoms. The van der Waals surface area contributed by atoms with Gasteiger partial charge < -0.3 is 13.9 Å². The third-order valence-corrected chi connectivity index (χ3v) is 11.6. The first-order valence-corrected chi connectivity index (χ1v) is 18.7. The summed E-state index contributed by atoms with van der Waals surface area (Å²) in [5, 5.41) is 4.64. The largest absolute Gasteiger partial charge is 0.456 e. The van der Waals surface area contributed by atoms with Gasteiger partial charge in [0.25, 0.3) is 0 Å². The highest BCUT2D eigenvalue weighted by atomic mass is 16.3. The molecule has 2 heterocycles. The topological polar surface area (TPSA) is 21.3 Å². The fourth-order valence-electron chi connectivity index (χ4n) is 9.08. The molecule has 54 heavy (non-hydrogen) atoms. The van der Waals surface area contributed by atoms with Crippen LogP contribution < -0.4 is 4.90 Å². The van der Waals surface area contributed by atoms with Gasteiger partial charge >= 0.3 is 0 Å². The fraction of sp³-hybridized carbons (Fsp3) is 0.0588. The summed E-state index contributed by atoms with van der Waals surface area (Å²) in [5.41, 5.74) is 16.2. The maximum atomic E-state index is 6.39. The third kappa shape index (κ3) is 4.42. The molecule has 3 nitrogen and oxygen atoms in total. The predicted molar refractivity (Wildman–Crippen MR) is 226 cm³/mol. The maximum absolute atomic E-state index is 6.39. The van der Waals surface area contributed by atoms with Crippen LogP contribution >= 0.6 is 0 Å². The van der Waals surface area contributed by atoms with Crippen molar-refractivity contribution in [1.82, 2.24) is 4.57 Å². The van der Waals surface area contributed by atoms with Gasteiger partial charge in [0, 0.05) is 32.9 Å². The Morgan fingerprint density at radius 2 is 1.11 bits per heavy atom.